The Balaban J connectivity index is 1.56. The normalized spacial score (nSPS) is 13.4. The number of halogens is 1. The Morgan fingerprint density at radius 2 is 1.79 bits per heavy atom. The average molecular weight is 385 g/mol. The highest BCUT2D eigenvalue weighted by molar-refractivity contribution is 9.10. The minimum atomic E-state index is 0.444. The molecule has 0 spiro atoms. The average Bonchev–Trinajstić information content (AvgIpc) is 3.09. The van der Waals surface area contributed by atoms with Gasteiger partial charge in [-0.3, -0.25) is 0 Å². The second kappa shape index (κ2) is 6.49. The molecule has 0 aliphatic carbocycles. The van der Waals surface area contributed by atoms with Crippen molar-refractivity contribution in [2.45, 2.75) is 0 Å². The zero-order chi connectivity index (χ0) is 16.4. The van der Waals surface area contributed by atoms with E-state index in [1.807, 2.05) is 48.5 Å². The maximum Gasteiger partial charge on any atom is 0.248 e. The number of fused-ring (bicyclic) bond motifs is 1. The van der Waals surface area contributed by atoms with Crippen LogP contribution in [-0.2, 0) is 0 Å². The molecule has 3 aromatic rings. The van der Waals surface area contributed by atoms with Crippen molar-refractivity contribution in [2.24, 2.45) is 0 Å². The minimum Gasteiger partial charge on any atom is -0.486 e. The van der Waals surface area contributed by atoms with E-state index >= 15 is 0 Å². The zero-order valence-electron chi connectivity index (χ0n) is 12.6. The summed E-state index contributed by atoms with van der Waals surface area (Å²) in [6.45, 7) is 1.11. The summed E-state index contributed by atoms with van der Waals surface area (Å²) in [6, 6.07) is 13.5. The first-order valence-electron chi connectivity index (χ1n) is 7.45. The molecule has 0 atom stereocenters. The molecule has 0 radical (unpaired) electrons. The molecule has 1 aliphatic heterocycles. The van der Waals surface area contributed by atoms with Crippen LogP contribution in [0.15, 0.2) is 51.4 Å². The van der Waals surface area contributed by atoms with Gasteiger partial charge >= 0.3 is 0 Å². The van der Waals surface area contributed by atoms with Crippen molar-refractivity contribution >= 4 is 28.1 Å². The number of benzene rings is 2. The van der Waals surface area contributed by atoms with Gasteiger partial charge in [-0.1, -0.05) is 28.1 Å². The fraction of sp³-hybridized carbons (Fsp3) is 0.111. The lowest BCUT2D eigenvalue weighted by molar-refractivity contribution is 0.171. The SMILES string of the molecule is Brc1cccc(/C=C/c2nnc(-c3ccc4c(c3)OCCO4)o2)c1. The van der Waals surface area contributed by atoms with Crippen LogP contribution in [0.5, 0.6) is 11.5 Å². The predicted molar refractivity (Wildman–Crippen MR) is 93.8 cm³/mol. The topological polar surface area (TPSA) is 57.4 Å². The van der Waals surface area contributed by atoms with Gasteiger partial charge in [0.2, 0.25) is 11.8 Å². The molecule has 0 fully saturated rings. The third-order valence-electron chi connectivity index (χ3n) is 3.50. The van der Waals surface area contributed by atoms with Crippen molar-refractivity contribution in [2.75, 3.05) is 13.2 Å². The summed E-state index contributed by atoms with van der Waals surface area (Å²) >= 11 is 3.45. The second-order valence-electron chi connectivity index (χ2n) is 5.19. The van der Waals surface area contributed by atoms with Crippen molar-refractivity contribution < 1.29 is 13.9 Å². The molecule has 0 unspecified atom stereocenters. The molecule has 2 heterocycles. The number of ether oxygens (including phenoxy) is 2. The van der Waals surface area contributed by atoms with E-state index in [-0.39, 0.29) is 0 Å². The van der Waals surface area contributed by atoms with Gasteiger partial charge in [0.15, 0.2) is 11.5 Å². The summed E-state index contributed by atoms with van der Waals surface area (Å²) in [4.78, 5) is 0. The minimum absolute atomic E-state index is 0.444. The van der Waals surface area contributed by atoms with Crippen LogP contribution in [0.1, 0.15) is 11.5 Å². The first kappa shape index (κ1) is 15.0. The summed E-state index contributed by atoms with van der Waals surface area (Å²) < 4.78 is 17.8. The predicted octanol–water partition coefficient (Wildman–Crippen LogP) is 4.44. The van der Waals surface area contributed by atoms with E-state index in [0.29, 0.717) is 30.7 Å². The van der Waals surface area contributed by atoms with E-state index in [2.05, 4.69) is 26.1 Å². The summed E-state index contributed by atoms with van der Waals surface area (Å²) in [5.74, 6) is 2.32. The molecule has 24 heavy (non-hydrogen) atoms. The van der Waals surface area contributed by atoms with Crippen LogP contribution in [0.25, 0.3) is 23.6 Å². The van der Waals surface area contributed by atoms with Crippen molar-refractivity contribution in [1.82, 2.24) is 10.2 Å². The van der Waals surface area contributed by atoms with Gasteiger partial charge in [0.05, 0.1) is 0 Å². The van der Waals surface area contributed by atoms with Gasteiger partial charge < -0.3 is 13.9 Å². The molecule has 0 amide bonds. The maximum absolute atomic E-state index is 5.70. The van der Waals surface area contributed by atoms with E-state index in [0.717, 1.165) is 21.3 Å². The first-order valence-corrected chi connectivity index (χ1v) is 8.24. The van der Waals surface area contributed by atoms with Gasteiger partial charge in [-0.2, -0.15) is 0 Å². The van der Waals surface area contributed by atoms with Gasteiger partial charge in [0, 0.05) is 16.1 Å². The molecule has 0 saturated heterocycles. The van der Waals surface area contributed by atoms with E-state index < -0.39 is 0 Å². The van der Waals surface area contributed by atoms with Gasteiger partial charge in [-0.05, 0) is 42.0 Å². The Morgan fingerprint density at radius 3 is 2.67 bits per heavy atom. The quantitative estimate of drug-likeness (QED) is 0.667. The van der Waals surface area contributed by atoms with Crippen LogP contribution in [0.3, 0.4) is 0 Å². The Labute approximate surface area is 147 Å². The Morgan fingerprint density at radius 1 is 0.917 bits per heavy atom. The first-order chi connectivity index (χ1) is 11.8. The standard InChI is InChI=1S/C18H13BrN2O3/c19-14-3-1-2-12(10-14)4-7-17-20-21-18(24-17)13-5-6-15-16(11-13)23-9-8-22-15/h1-7,10-11H,8-9H2/b7-4+. The van der Waals surface area contributed by atoms with Crippen molar-refractivity contribution in [3.8, 4) is 23.0 Å². The van der Waals surface area contributed by atoms with Crippen LogP contribution in [-0.4, -0.2) is 23.4 Å². The molecule has 0 bridgehead atoms. The highest BCUT2D eigenvalue weighted by Gasteiger charge is 2.15. The van der Waals surface area contributed by atoms with E-state index in [1.165, 1.54) is 0 Å². The molecule has 5 nitrogen and oxygen atoms in total. The number of aromatic nitrogens is 2. The molecule has 1 aliphatic rings. The fourth-order valence-electron chi connectivity index (χ4n) is 2.37. The lowest BCUT2D eigenvalue weighted by atomic mass is 10.2. The highest BCUT2D eigenvalue weighted by Crippen LogP contribution is 2.34. The van der Waals surface area contributed by atoms with Gasteiger partial charge in [-0.15, -0.1) is 10.2 Å². The molecule has 2 aromatic carbocycles. The lowest BCUT2D eigenvalue weighted by Gasteiger charge is -2.18. The highest BCUT2D eigenvalue weighted by atomic mass is 79.9. The Kier molecular flexibility index (Phi) is 4.04. The monoisotopic (exact) mass is 384 g/mol. The summed E-state index contributed by atoms with van der Waals surface area (Å²) in [7, 11) is 0. The maximum atomic E-state index is 5.70. The largest absolute Gasteiger partial charge is 0.486 e. The van der Waals surface area contributed by atoms with Crippen LogP contribution >= 0.6 is 15.9 Å². The molecule has 1 aromatic heterocycles. The summed E-state index contributed by atoms with van der Waals surface area (Å²) in [5.41, 5.74) is 1.84. The Hall–Kier alpha value is -2.60. The molecule has 4 rings (SSSR count). The molecular formula is C18H13BrN2O3. The lowest BCUT2D eigenvalue weighted by Crippen LogP contribution is -2.15. The smallest absolute Gasteiger partial charge is 0.248 e. The van der Waals surface area contributed by atoms with Crippen LogP contribution < -0.4 is 9.47 Å². The summed E-state index contributed by atoms with van der Waals surface area (Å²) in [6.07, 6.45) is 3.71. The fourth-order valence-corrected chi connectivity index (χ4v) is 2.79. The van der Waals surface area contributed by atoms with Crippen molar-refractivity contribution in [1.29, 1.82) is 0 Å². The number of hydrogen-bond acceptors (Lipinski definition) is 5. The summed E-state index contributed by atoms with van der Waals surface area (Å²) in [5, 5.41) is 8.15. The molecular weight excluding hydrogens is 372 g/mol. The molecule has 0 saturated carbocycles. The third kappa shape index (κ3) is 3.19. The Bertz CT molecular complexity index is 905. The van der Waals surface area contributed by atoms with Gasteiger partial charge in [-0.25, -0.2) is 0 Å². The van der Waals surface area contributed by atoms with Crippen LogP contribution in [0.2, 0.25) is 0 Å². The zero-order valence-corrected chi connectivity index (χ0v) is 14.2. The molecule has 6 heteroatoms. The number of rotatable bonds is 3. The van der Waals surface area contributed by atoms with Crippen LogP contribution in [0.4, 0.5) is 0 Å². The molecule has 0 N–H and O–H groups in total. The number of hydrogen-bond donors (Lipinski definition) is 0. The van der Waals surface area contributed by atoms with E-state index in [4.69, 9.17) is 13.9 Å². The second-order valence-corrected chi connectivity index (χ2v) is 6.11. The van der Waals surface area contributed by atoms with Crippen molar-refractivity contribution in [3.63, 3.8) is 0 Å². The van der Waals surface area contributed by atoms with Crippen molar-refractivity contribution in [3.05, 3.63) is 58.4 Å². The number of nitrogens with zero attached hydrogens (tertiary/aromatic N) is 2. The van der Waals surface area contributed by atoms with Gasteiger partial charge in [0.1, 0.15) is 13.2 Å². The molecule has 120 valence electrons. The third-order valence-corrected chi connectivity index (χ3v) is 3.99. The van der Waals surface area contributed by atoms with Crippen LogP contribution in [0, 0.1) is 0 Å². The van der Waals surface area contributed by atoms with Gasteiger partial charge in [0.25, 0.3) is 0 Å². The van der Waals surface area contributed by atoms with E-state index in [9.17, 15) is 0 Å². The van der Waals surface area contributed by atoms with E-state index in [1.54, 1.807) is 6.08 Å².